The van der Waals surface area contributed by atoms with Crippen LogP contribution in [0.4, 0.5) is 0 Å². The first-order valence-electron chi connectivity index (χ1n) is 7.79. The predicted molar refractivity (Wildman–Crippen MR) is 93.1 cm³/mol. The molecule has 0 radical (unpaired) electrons. The number of carbonyl (C=O) groups excluding carboxylic acids is 3. The van der Waals surface area contributed by atoms with Gasteiger partial charge in [-0.2, -0.15) is 0 Å². The first-order chi connectivity index (χ1) is 10.8. The molecular weight excluding hydrogens is 330 g/mol. The third-order valence-corrected chi connectivity index (χ3v) is 4.90. The maximum Gasteiger partial charge on any atom is 0.304 e. The molecule has 0 spiro atoms. The fourth-order valence-electron chi connectivity index (χ4n) is 2.75. The Kier molecular flexibility index (Phi) is 6.14. The monoisotopic (exact) mass is 357 g/mol. The van der Waals surface area contributed by atoms with E-state index in [0.717, 1.165) is 5.57 Å². The van der Waals surface area contributed by atoms with Crippen LogP contribution in [-0.2, 0) is 23.9 Å². The number of hydrogen-bond acceptors (Lipinski definition) is 6. The van der Waals surface area contributed by atoms with E-state index < -0.39 is 23.8 Å². The summed E-state index contributed by atoms with van der Waals surface area (Å²) >= 11 is 1.58. The van der Waals surface area contributed by atoms with Crippen LogP contribution in [0.15, 0.2) is 11.6 Å². The van der Waals surface area contributed by atoms with Crippen molar-refractivity contribution in [3.05, 3.63) is 11.6 Å². The van der Waals surface area contributed by atoms with Gasteiger partial charge in [0.05, 0.1) is 0 Å². The van der Waals surface area contributed by atoms with Crippen molar-refractivity contribution in [2.75, 3.05) is 0 Å². The summed E-state index contributed by atoms with van der Waals surface area (Å²) < 4.78 is 10.7. The Morgan fingerprint density at radius 1 is 1.17 bits per heavy atom. The van der Waals surface area contributed by atoms with Crippen LogP contribution in [0.5, 0.6) is 0 Å². The smallest absolute Gasteiger partial charge is 0.304 e. The summed E-state index contributed by atoms with van der Waals surface area (Å²) in [7, 11) is 0. The SMILES string of the molecule is CC(=O)OC1N(C(C)=O)C(SC(C)(C)C)C(C)=CC1(C)OC(C)=O. The van der Waals surface area contributed by atoms with Gasteiger partial charge in [-0.1, -0.05) is 20.8 Å². The Hall–Kier alpha value is -1.50. The van der Waals surface area contributed by atoms with E-state index >= 15 is 0 Å². The minimum atomic E-state index is -1.23. The number of amides is 1. The summed E-state index contributed by atoms with van der Waals surface area (Å²) in [5.74, 6) is -1.31. The highest BCUT2D eigenvalue weighted by Crippen LogP contribution is 2.42. The van der Waals surface area contributed by atoms with Crippen molar-refractivity contribution in [1.82, 2.24) is 4.90 Å². The molecule has 1 amide bonds. The summed E-state index contributed by atoms with van der Waals surface area (Å²) in [6, 6.07) is 0. The van der Waals surface area contributed by atoms with Crippen LogP contribution in [0.25, 0.3) is 0 Å². The van der Waals surface area contributed by atoms with Crippen molar-refractivity contribution in [3.63, 3.8) is 0 Å². The zero-order chi connectivity index (χ0) is 18.9. The second-order valence-electron chi connectivity index (χ2n) is 7.14. The van der Waals surface area contributed by atoms with Crippen molar-refractivity contribution in [2.45, 2.75) is 77.3 Å². The van der Waals surface area contributed by atoms with Gasteiger partial charge < -0.3 is 9.47 Å². The number of rotatable bonds is 3. The van der Waals surface area contributed by atoms with E-state index in [4.69, 9.17) is 9.47 Å². The van der Waals surface area contributed by atoms with Crippen LogP contribution < -0.4 is 0 Å². The van der Waals surface area contributed by atoms with Crippen LogP contribution in [0.1, 0.15) is 55.4 Å². The molecule has 0 bridgehead atoms. The second-order valence-corrected chi connectivity index (χ2v) is 9.04. The maximum atomic E-state index is 12.4. The van der Waals surface area contributed by atoms with Gasteiger partial charge in [0.2, 0.25) is 12.1 Å². The largest absolute Gasteiger partial charge is 0.449 e. The highest BCUT2D eigenvalue weighted by Gasteiger charge is 2.50. The second kappa shape index (κ2) is 7.17. The topological polar surface area (TPSA) is 72.9 Å². The van der Waals surface area contributed by atoms with Gasteiger partial charge >= 0.3 is 11.9 Å². The lowest BCUT2D eigenvalue weighted by Crippen LogP contribution is -2.62. The van der Waals surface area contributed by atoms with Crippen LogP contribution >= 0.6 is 11.8 Å². The molecule has 0 aromatic rings. The number of nitrogens with zero attached hydrogens (tertiary/aromatic N) is 1. The van der Waals surface area contributed by atoms with Crippen molar-refractivity contribution >= 4 is 29.6 Å². The summed E-state index contributed by atoms with van der Waals surface area (Å²) in [4.78, 5) is 37.0. The van der Waals surface area contributed by atoms with Crippen LogP contribution in [-0.4, -0.2) is 44.7 Å². The first-order valence-corrected chi connectivity index (χ1v) is 8.67. The third kappa shape index (κ3) is 5.00. The zero-order valence-electron chi connectivity index (χ0n) is 15.6. The van der Waals surface area contributed by atoms with Gasteiger partial charge in [0, 0.05) is 25.5 Å². The van der Waals surface area contributed by atoms with Crippen molar-refractivity contribution < 1.29 is 23.9 Å². The molecule has 136 valence electrons. The number of ether oxygens (including phenoxy) is 2. The van der Waals surface area contributed by atoms with E-state index in [-0.39, 0.29) is 16.0 Å². The molecule has 1 aliphatic rings. The van der Waals surface area contributed by atoms with E-state index in [1.54, 1.807) is 24.8 Å². The molecule has 0 aliphatic carbocycles. The quantitative estimate of drug-likeness (QED) is 0.571. The number of thioether (sulfide) groups is 1. The summed E-state index contributed by atoms with van der Waals surface area (Å²) in [6.45, 7) is 13.6. The van der Waals surface area contributed by atoms with E-state index in [2.05, 4.69) is 0 Å². The average Bonchev–Trinajstić information content (AvgIpc) is 2.31. The molecule has 7 heteroatoms. The standard InChI is InChI=1S/C17H27NO5S/c1-10-9-17(8,23-13(4)21)15(22-12(3)20)18(11(2)19)14(10)24-16(5,6)7/h9,14-15H,1-8H3. The molecule has 0 aromatic heterocycles. The number of carbonyl (C=O) groups is 3. The maximum absolute atomic E-state index is 12.4. The Balaban J connectivity index is 3.45. The van der Waals surface area contributed by atoms with Gasteiger partial charge in [0.25, 0.3) is 0 Å². The lowest BCUT2D eigenvalue weighted by Gasteiger charge is -2.48. The minimum absolute atomic E-state index is 0.122. The van der Waals surface area contributed by atoms with Crippen LogP contribution in [0, 0.1) is 0 Å². The molecule has 1 rings (SSSR count). The molecule has 0 fully saturated rings. The highest BCUT2D eigenvalue weighted by atomic mass is 32.2. The van der Waals surface area contributed by atoms with E-state index in [9.17, 15) is 14.4 Å². The molecular formula is C17H27NO5S. The fraction of sp³-hybridized carbons (Fsp3) is 0.706. The lowest BCUT2D eigenvalue weighted by molar-refractivity contribution is -0.200. The number of esters is 2. The first kappa shape index (κ1) is 20.5. The zero-order valence-corrected chi connectivity index (χ0v) is 16.4. The van der Waals surface area contributed by atoms with Gasteiger partial charge in [0.15, 0.2) is 5.60 Å². The Morgan fingerprint density at radius 3 is 2.08 bits per heavy atom. The summed E-state index contributed by atoms with van der Waals surface area (Å²) in [5, 5.41) is -0.310. The van der Waals surface area contributed by atoms with Crippen molar-refractivity contribution in [1.29, 1.82) is 0 Å². The molecule has 3 atom stereocenters. The van der Waals surface area contributed by atoms with Gasteiger partial charge in [-0.3, -0.25) is 19.3 Å². The van der Waals surface area contributed by atoms with Crippen molar-refractivity contribution in [3.8, 4) is 0 Å². The molecule has 3 unspecified atom stereocenters. The predicted octanol–water partition coefficient (Wildman–Crippen LogP) is 2.86. The van der Waals surface area contributed by atoms with Crippen LogP contribution in [0.2, 0.25) is 0 Å². The Labute approximate surface area is 147 Å². The molecule has 1 heterocycles. The molecule has 1 aliphatic heterocycles. The third-order valence-electron chi connectivity index (χ3n) is 3.37. The number of hydrogen-bond donors (Lipinski definition) is 0. The molecule has 24 heavy (non-hydrogen) atoms. The van der Waals surface area contributed by atoms with Crippen LogP contribution in [0.3, 0.4) is 0 Å². The molecule has 0 saturated carbocycles. The van der Waals surface area contributed by atoms with Gasteiger partial charge in [0.1, 0.15) is 5.37 Å². The molecule has 0 aromatic carbocycles. The van der Waals surface area contributed by atoms with E-state index in [1.807, 2.05) is 27.7 Å². The minimum Gasteiger partial charge on any atom is -0.449 e. The fourth-order valence-corrected chi connectivity index (χ4v) is 4.04. The lowest BCUT2D eigenvalue weighted by atomic mass is 9.94. The van der Waals surface area contributed by atoms with Gasteiger partial charge in [-0.05, 0) is 25.5 Å². The van der Waals surface area contributed by atoms with E-state index in [0.29, 0.717) is 0 Å². The van der Waals surface area contributed by atoms with Gasteiger partial charge in [-0.25, -0.2) is 0 Å². The van der Waals surface area contributed by atoms with Crippen molar-refractivity contribution in [2.24, 2.45) is 0 Å². The summed E-state index contributed by atoms with van der Waals surface area (Å²) in [5.41, 5.74) is -0.361. The summed E-state index contributed by atoms with van der Waals surface area (Å²) in [6.07, 6.45) is 0.755. The Morgan fingerprint density at radius 2 is 1.71 bits per heavy atom. The highest BCUT2D eigenvalue weighted by molar-refractivity contribution is 8.01. The van der Waals surface area contributed by atoms with E-state index in [1.165, 1.54) is 25.7 Å². The average molecular weight is 357 g/mol. The normalized spacial score (nSPS) is 27.3. The molecule has 0 N–H and O–H groups in total. The van der Waals surface area contributed by atoms with Gasteiger partial charge in [-0.15, -0.1) is 11.8 Å². The molecule has 0 saturated heterocycles. The molecule has 6 nitrogen and oxygen atoms in total. The Bertz CT molecular complexity index is 566.